The Balaban J connectivity index is 2.10. The van der Waals surface area contributed by atoms with Crippen LogP contribution in [0.5, 0.6) is 0 Å². The lowest BCUT2D eigenvalue weighted by Gasteiger charge is -2.35. The van der Waals surface area contributed by atoms with Gasteiger partial charge < -0.3 is 0 Å². The van der Waals surface area contributed by atoms with Crippen LogP contribution >= 0.6 is 23.2 Å². The molecule has 0 aliphatic carbocycles. The summed E-state index contributed by atoms with van der Waals surface area (Å²) >= 11 is 3.83. The van der Waals surface area contributed by atoms with Crippen molar-refractivity contribution in [2.45, 2.75) is 39.8 Å². The van der Waals surface area contributed by atoms with Crippen LogP contribution in [0.25, 0.3) is 11.1 Å². The summed E-state index contributed by atoms with van der Waals surface area (Å²) in [6.07, 6.45) is 4.17. The van der Waals surface area contributed by atoms with Gasteiger partial charge in [-0.2, -0.15) is 0 Å². The number of halogens is 1. The van der Waals surface area contributed by atoms with Gasteiger partial charge in [-0.3, -0.25) is 4.90 Å². The molecule has 4 aromatic carbocycles. The van der Waals surface area contributed by atoms with Gasteiger partial charge in [0.2, 0.25) is 0 Å². The summed E-state index contributed by atoms with van der Waals surface area (Å²) < 4.78 is 1.10. The third kappa shape index (κ3) is 4.91. The summed E-state index contributed by atoms with van der Waals surface area (Å²) in [4.78, 5) is 2.42. The molecule has 0 atom stereocenters. The van der Waals surface area contributed by atoms with Crippen molar-refractivity contribution in [2.24, 2.45) is 0 Å². The van der Waals surface area contributed by atoms with Crippen LogP contribution in [0.1, 0.15) is 27.7 Å². The second-order valence-corrected chi connectivity index (χ2v) is 12.9. The van der Waals surface area contributed by atoms with Crippen LogP contribution in [-0.2, 0) is 0 Å². The standard InChI is InChI=1S/C31H32BrNP/c1-24(2)33(25(3)4)23-34(26-15-7-5-8-16-26,27-17-9-6-10-18-27)31-22-14-12-20-29(31)28-19-11-13-21-30(28)32/h5-22,24-25H,1-4H3/q+1. The Morgan fingerprint density at radius 1 is 0.588 bits per heavy atom. The first-order valence-electron chi connectivity index (χ1n) is 11.9. The molecule has 0 heterocycles. The Hall–Kier alpha value is -2.25. The summed E-state index contributed by atoms with van der Waals surface area (Å²) in [5, 5.41) is 3.95. The first-order valence-corrected chi connectivity index (χ1v) is 14.4. The molecule has 0 unspecified atom stereocenters. The molecule has 4 rings (SSSR count). The molecule has 0 aliphatic rings. The predicted octanol–water partition coefficient (Wildman–Crippen LogP) is 7.53. The molecule has 0 aliphatic heterocycles. The van der Waals surface area contributed by atoms with Crippen molar-refractivity contribution >= 4 is 39.1 Å². The van der Waals surface area contributed by atoms with E-state index >= 15 is 0 Å². The molecule has 34 heavy (non-hydrogen) atoms. The van der Waals surface area contributed by atoms with Crippen molar-refractivity contribution in [1.29, 1.82) is 0 Å². The Morgan fingerprint density at radius 3 is 1.53 bits per heavy atom. The van der Waals surface area contributed by atoms with Crippen molar-refractivity contribution in [3.8, 4) is 11.1 Å². The quantitative estimate of drug-likeness (QED) is 0.169. The predicted molar refractivity (Wildman–Crippen MR) is 154 cm³/mol. The van der Waals surface area contributed by atoms with E-state index in [1.54, 1.807) is 0 Å². The number of nitrogens with zero attached hydrogens (tertiary/aromatic N) is 1. The first kappa shape index (κ1) is 24.9. The molecule has 3 heteroatoms. The van der Waals surface area contributed by atoms with E-state index < -0.39 is 7.26 Å². The van der Waals surface area contributed by atoms with Gasteiger partial charge >= 0.3 is 0 Å². The van der Waals surface area contributed by atoms with Gasteiger partial charge in [0.1, 0.15) is 23.2 Å². The monoisotopic (exact) mass is 528 g/mol. The van der Waals surface area contributed by atoms with E-state index in [0.29, 0.717) is 12.1 Å². The molecule has 0 fully saturated rings. The minimum atomic E-state index is -2.28. The topological polar surface area (TPSA) is 3.24 Å². The molecule has 0 aromatic heterocycles. The van der Waals surface area contributed by atoms with Gasteiger partial charge in [-0.15, -0.1) is 0 Å². The first-order chi connectivity index (χ1) is 16.4. The van der Waals surface area contributed by atoms with Crippen molar-refractivity contribution < 1.29 is 0 Å². The van der Waals surface area contributed by atoms with Crippen molar-refractivity contribution in [3.05, 3.63) is 120 Å². The lowest BCUT2D eigenvalue weighted by molar-refractivity contribution is 0.242. The minimum Gasteiger partial charge on any atom is -0.250 e. The molecule has 0 bridgehead atoms. The van der Waals surface area contributed by atoms with E-state index in [1.807, 2.05) is 0 Å². The average molecular weight is 529 g/mol. The van der Waals surface area contributed by atoms with Crippen LogP contribution in [0.15, 0.2) is 114 Å². The average Bonchev–Trinajstić information content (AvgIpc) is 2.86. The zero-order valence-electron chi connectivity index (χ0n) is 20.3. The minimum absolute atomic E-state index is 0.336. The third-order valence-electron chi connectivity index (χ3n) is 6.09. The summed E-state index contributed by atoms with van der Waals surface area (Å²) in [5.74, 6) is 0. The van der Waals surface area contributed by atoms with Gasteiger partial charge in [0.25, 0.3) is 6.29 Å². The highest BCUT2D eigenvalue weighted by Crippen LogP contribution is 2.61. The molecule has 172 valence electrons. The fourth-order valence-corrected chi connectivity index (χ4v) is 9.18. The number of hydrogen-bond donors (Lipinski definition) is 0. The van der Waals surface area contributed by atoms with Gasteiger partial charge in [0.15, 0.2) is 0 Å². The molecule has 0 saturated heterocycles. The van der Waals surface area contributed by atoms with E-state index in [1.165, 1.54) is 27.0 Å². The van der Waals surface area contributed by atoms with E-state index in [2.05, 4.69) is 164 Å². The molecule has 0 spiro atoms. The Kier molecular flexibility index (Phi) is 8.04. The Bertz CT molecular complexity index is 1160. The lowest BCUT2D eigenvalue weighted by Crippen LogP contribution is -2.42. The van der Waals surface area contributed by atoms with E-state index in [4.69, 9.17) is 0 Å². The maximum atomic E-state index is 4.17. The molecule has 1 nitrogen and oxygen atoms in total. The van der Waals surface area contributed by atoms with Crippen LogP contribution in [0.3, 0.4) is 0 Å². The molecule has 0 amide bonds. The second kappa shape index (κ2) is 11.0. The molecule has 0 saturated carbocycles. The molecular formula is C31H32BrNP+. The number of hydrogen-bond acceptors (Lipinski definition) is 1. The summed E-state index contributed by atoms with van der Waals surface area (Å²) in [5.41, 5.74) is 2.45. The van der Waals surface area contributed by atoms with Crippen LogP contribution in [0.2, 0.25) is 0 Å². The van der Waals surface area contributed by atoms with E-state index in [0.717, 1.165) is 4.47 Å². The van der Waals surface area contributed by atoms with Gasteiger partial charge in [-0.25, -0.2) is 0 Å². The highest BCUT2D eigenvalue weighted by Gasteiger charge is 2.51. The van der Waals surface area contributed by atoms with E-state index in [-0.39, 0.29) is 0 Å². The zero-order chi connectivity index (χ0) is 24.1. The third-order valence-corrected chi connectivity index (χ3v) is 10.6. The van der Waals surface area contributed by atoms with Crippen molar-refractivity contribution in [2.75, 3.05) is 0 Å². The van der Waals surface area contributed by atoms with Gasteiger partial charge in [-0.05, 0) is 69.7 Å². The van der Waals surface area contributed by atoms with Gasteiger partial charge in [-0.1, -0.05) is 88.7 Å². The van der Waals surface area contributed by atoms with Crippen molar-refractivity contribution in [1.82, 2.24) is 4.90 Å². The fourth-order valence-electron chi connectivity index (χ4n) is 4.57. The highest BCUT2D eigenvalue weighted by molar-refractivity contribution is 9.10. The maximum absolute atomic E-state index is 4.17. The Morgan fingerprint density at radius 2 is 1.03 bits per heavy atom. The Labute approximate surface area is 214 Å². The molecule has 2 radical (unpaired) electrons. The molecular weight excluding hydrogens is 497 g/mol. The van der Waals surface area contributed by atoms with Gasteiger partial charge in [0, 0.05) is 22.1 Å². The SMILES string of the molecule is CC(C)N([C][P+](c1ccccc1)(c1ccccc1)c1ccccc1-c1ccccc1Br)C(C)C. The summed E-state index contributed by atoms with van der Waals surface area (Å²) in [6.45, 7) is 9.05. The molecule has 0 N–H and O–H groups in total. The van der Waals surface area contributed by atoms with E-state index in [9.17, 15) is 0 Å². The van der Waals surface area contributed by atoms with Crippen LogP contribution < -0.4 is 15.9 Å². The fraction of sp³-hybridized carbons (Fsp3) is 0.194. The van der Waals surface area contributed by atoms with Crippen LogP contribution in [0.4, 0.5) is 0 Å². The highest BCUT2D eigenvalue weighted by atomic mass is 79.9. The zero-order valence-corrected chi connectivity index (χ0v) is 22.8. The summed E-state index contributed by atoms with van der Waals surface area (Å²) in [7, 11) is -2.28. The largest absolute Gasteiger partial charge is 0.267 e. The number of benzene rings is 4. The second-order valence-electron chi connectivity index (χ2n) is 9.03. The molecule has 4 aromatic rings. The van der Waals surface area contributed by atoms with Crippen LogP contribution in [0, 0.1) is 6.29 Å². The number of rotatable bonds is 8. The van der Waals surface area contributed by atoms with Crippen LogP contribution in [-0.4, -0.2) is 17.0 Å². The summed E-state index contributed by atoms with van der Waals surface area (Å²) in [6, 6.07) is 40.0. The van der Waals surface area contributed by atoms with Gasteiger partial charge in [0.05, 0.1) is 0 Å². The normalized spacial score (nSPS) is 12.0. The lowest BCUT2D eigenvalue weighted by atomic mass is 10.1. The smallest absolute Gasteiger partial charge is 0.250 e. The van der Waals surface area contributed by atoms with Crippen molar-refractivity contribution in [3.63, 3.8) is 0 Å². The maximum Gasteiger partial charge on any atom is 0.267 e.